The minimum absolute atomic E-state index is 0.284. The summed E-state index contributed by atoms with van der Waals surface area (Å²) in [7, 11) is 0. The second kappa shape index (κ2) is 7.01. The van der Waals surface area contributed by atoms with Crippen LogP contribution in [0.25, 0.3) is 0 Å². The maximum Gasteiger partial charge on any atom is 0.335 e. The van der Waals surface area contributed by atoms with Gasteiger partial charge in [-0.1, -0.05) is 30.3 Å². The standard InChI is InChI=1S/C13H18O3/c1-3-15-12(13(14)16-4-2)10-11-8-6-5-7-9-11/h5-9,12H,3-4,10H2,1-2H3/t12-/m1/s1. The molecule has 0 saturated carbocycles. The molecule has 0 unspecified atom stereocenters. The molecule has 0 saturated heterocycles. The Bertz CT molecular complexity index is 308. The minimum Gasteiger partial charge on any atom is -0.464 e. The Morgan fingerprint density at radius 3 is 2.44 bits per heavy atom. The molecular formula is C13H18O3. The number of hydrogen-bond donors (Lipinski definition) is 0. The summed E-state index contributed by atoms with van der Waals surface area (Å²) in [6.45, 7) is 4.56. The molecule has 3 heteroatoms. The molecule has 1 aromatic rings. The van der Waals surface area contributed by atoms with Gasteiger partial charge in [0.15, 0.2) is 6.10 Å². The van der Waals surface area contributed by atoms with Crippen LogP contribution in [0.5, 0.6) is 0 Å². The molecular weight excluding hydrogens is 204 g/mol. The molecule has 16 heavy (non-hydrogen) atoms. The third-order valence-electron chi connectivity index (χ3n) is 2.18. The maximum atomic E-state index is 11.6. The molecule has 1 atom stereocenters. The van der Waals surface area contributed by atoms with E-state index in [0.717, 1.165) is 5.56 Å². The van der Waals surface area contributed by atoms with E-state index in [4.69, 9.17) is 9.47 Å². The third kappa shape index (κ3) is 4.03. The van der Waals surface area contributed by atoms with Gasteiger partial charge in [-0.3, -0.25) is 0 Å². The molecule has 0 bridgehead atoms. The van der Waals surface area contributed by atoms with Crippen LogP contribution in [0, 0.1) is 0 Å². The smallest absolute Gasteiger partial charge is 0.335 e. The average Bonchev–Trinajstić information content (AvgIpc) is 2.30. The Hall–Kier alpha value is -1.35. The van der Waals surface area contributed by atoms with Gasteiger partial charge in [-0.2, -0.15) is 0 Å². The molecule has 88 valence electrons. The van der Waals surface area contributed by atoms with Gasteiger partial charge in [0, 0.05) is 13.0 Å². The van der Waals surface area contributed by atoms with E-state index < -0.39 is 6.10 Å². The Morgan fingerprint density at radius 2 is 1.88 bits per heavy atom. The van der Waals surface area contributed by atoms with Gasteiger partial charge in [0.1, 0.15) is 0 Å². The topological polar surface area (TPSA) is 35.5 Å². The Kier molecular flexibility index (Phi) is 5.57. The van der Waals surface area contributed by atoms with Crippen LogP contribution in [0.2, 0.25) is 0 Å². The van der Waals surface area contributed by atoms with E-state index in [0.29, 0.717) is 19.6 Å². The highest BCUT2D eigenvalue weighted by atomic mass is 16.6. The first-order chi connectivity index (χ1) is 7.77. The number of carbonyl (C=O) groups is 1. The quantitative estimate of drug-likeness (QED) is 0.692. The van der Waals surface area contributed by atoms with Crippen molar-refractivity contribution in [1.82, 2.24) is 0 Å². The molecule has 1 rings (SSSR count). The molecule has 0 radical (unpaired) electrons. The van der Waals surface area contributed by atoms with Crippen LogP contribution < -0.4 is 0 Å². The van der Waals surface area contributed by atoms with Crippen LogP contribution in [0.1, 0.15) is 19.4 Å². The summed E-state index contributed by atoms with van der Waals surface area (Å²) in [5, 5.41) is 0. The molecule has 0 aliphatic carbocycles. The summed E-state index contributed by atoms with van der Waals surface area (Å²) in [5.41, 5.74) is 1.08. The van der Waals surface area contributed by atoms with Crippen molar-refractivity contribution >= 4 is 5.97 Å². The van der Waals surface area contributed by atoms with Crippen molar-refractivity contribution in [3.05, 3.63) is 35.9 Å². The minimum atomic E-state index is -0.493. The second-order valence-electron chi connectivity index (χ2n) is 3.39. The molecule has 0 fully saturated rings. The van der Waals surface area contributed by atoms with Gasteiger partial charge in [0.25, 0.3) is 0 Å². The molecule has 0 aliphatic heterocycles. The van der Waals surface area contributed by atoms with Crippen molar-refractivity contribution in [2.45, 2.75) is 26.4 Å². The normalized spacial score (nSPS) is 12.1. The summed E-state index contributed by atoms with van der Waals surface area (Å²) in [4.78, 5) is 11.6. The number of esters is 1. The van der Waals surface area contributed by atoms with Gasteiger partial charge in [0.05, 0.1) is 6.61 Å². The summed E-state index contributed by atoms with van der Waals surface area (Å²) in [6, 6.07) is 9.80. The van der Waals surface area contributed by atoms with E-state index in [2.05, 4.69) is 0 Å². The first kappa shape index (κ1) is 12.7. The third-order valence-corrected chi connectivity index (χ3v) is 2.18. The van der Waals surface area contributed by atoms with Gasteiger partial charge >= 0.3 is 5.97 Å². The van der Waals surface area contributed by atoms with E-state index in [1.165, 1.54) is 0 Å². The van der Waals surface area contributed by atoms with Crippen LogP contribution >= 0.6 is 0 Å². The lowest BCUT2D eigenvalue weighted by molar-refractivity contribution is -0.156. The number of carbonyl (C=O) groups excluding carboxylic acids is 1. The van der Waals surface area contributed by atoms with E-state index >= 15 is 0 Å². The highest BCUT2D eigenvalue weighted by Gasteiger charge is 2.20. The van der Waals surface area contributed by atoms with Crippen molar-refractivity contribution in [2.75, 3.05) is 13.2 Å². The number of benzene rings is 1. The van der Waals surface area contributed by atoms with Gasteiger partial charge in [-0.15, -0.1) is 0 Å². The molecule has 0 amide bonds. The fourth-order valence-corrected chi connectivity index (χ4v) is 1.47. The molecule has 0 spiro atoms. The van der Waals surface area contributed by atoms with Crippen LogP contribution in [-0.2, 0) is 20.7 Å². The van der Waals surface area contributed by atoms with E-state index in [1.807, 2.05) is 37.3 Å². The van der Waals surface area contributed by atoms with E-state index in [-0.39, 0.29) is 5.97 Å². The summed E-state index contributed by atoms with van der Waals surface area (Å²) in [5.74, 6) is -0.284. The number of hydrogen-bond acceptors (Lipinski definition) is 3. The highest BCUT2D eigenvalue weighted by Crippen LogP contribution is 2.07. The van der Waals surface area contributed by atoms with Crippen molar-refractivity contribution in [1.29, 1.82) is 0 Å². The van der Waals surface area contributed by atoms with Crippen LogP contribution in [-0.4, -0.2) is 25.3 Å². The SMILES string of the molecule is CCOC(=O)[C@@H](Cc1ccccc1)OCC. The van der Waals surface area contributed by atoms with Crippen LogP contribution in [0.15, 0.2) is 30.3 Å². The lowest BCUT2D eigenvalue weighted by atomic mass is 10.1. The average molecular weight is 222 g/mol. The summed E-state index contributed by atoms with van der Waals surface area (Å²) >= 11 is 0. The largest absolute Gasteiger partial charge is 0.464 e. The van der Waals surface area contributed by atoms with Gasteiger partial charge in [0.2, 0.25) is 0 Å². The second-order valence-corrected chi connectivity index (χ2v) is 3.39. The van der Waals surface area contributed by atoms with Crippen molar-refractivity contribution in [3.63, 3.8) is 0 Å². The van der Waals surface area contributed by atoms with Crippen molar-refractivity contribution < 1.29 is 14.3 Å². The molecule has 0 heterocycles. The van der Waals surface area contributed by atoms with Crippen molar-refractivity contribution in [2.24, 2.45) is 0 Å². The zero-order chi connectivity index (χ0) is 11.8. The van der Waals surface area contributed by atoms with Crippen LogP contribution in [0.4, 0.5) is 0 Å². The number of rotatable bonds is 6. The van der Waals surface area contributed by atoms with Gasteiger partial charge in [-0.25, -0.2) is 4.79 Å². The molecule has 0 N–H and O–H groups in total. The van der Waals surface area contributed by atoms with Gasteiger partial charge in [-0.05, 0) is 19.4 Å². The molecule has 0 aliphatic rings. The van der Waals surface area contributed by atoms with Crippen molar-refractivity contribution in [3.8, 4) is 0 Å². The number of ether oxygens (including phenoxy) is 2. The zero-order valence-electron chi connectivity index (χ0n) is 9.81. The van der Waals surface area contributed by atoms with E-state index in [1.54, 1.807) is 6.92 Å². The van der Waals surface area contributed by atoms with Crippen LogP contribution in [0.3, 0.4) is 0 Å². The fourth-order valence-electron chi connectivity index (χ4n) is 1.47. The lowest BCUT2D eigenvalue weighted by Crippen LogP contribution is -2.28. The molecule has 1 aromatic carbocycles. The molecule has 3 nitrogen and oxygen atoms in total. The first-order valence-corrected chi connectivity index (χ1v) is 5.60. The fraction of sp³-hybridized carbons (Fsp3) is 0.462. The Labute approximate surface area is 96.4 Å². The van der Waals surface area contributed by atoms with Gasteiger partial charge < -0.3 is 9.47 Å². The summed E-state index contributed by atoms with van der Waals surface area (Å²) in [6.07, 6.45) is 0.0698. The predicted molar refractivity (Wildman–Crippen MR) is 62.2 cm³/mol. The summed E-state index contributed by atoms with van der Waals surface area (Å²) < 4.78 is 10.4. The Balaban J connectivity index is 2.60. The lowest BCUT2D eigenvalue weighted by Gasteiger charge is -2.15. The van der Waals surface area contributed by atoms with E-state index in [9.17, 15) is 4.79 Å². The zero-order valence-corrected chi connectivity index (χ0v) is 9.81. The monoisotopic (exact) mass is 222 g/mol. The maximum absolute atomic E-state index is 11.6. The molecule has 0 aromatic heterocycles. The Morgan fingerprint density at radius 1 is 1.19 bits per heavy atom. The predicted octanol–water partition coefficient (Wildman–Crippen LogP) is 2.20. The highest BCUT2D eigenvalue weighted by molar-refractivity contribution is 5.75. The first-order valence-electron chi connectivity index (χ1n) is 5.60.